The molecule has 1 aromatic carbocycles. The summed E-state index contributed by atoms with van der Waals surface area (Å²) >= 11 is 1.36. The highest BCUT2D eigenvalue weighted by atomic mass is 32.2. The van der Waals surface area contributed by atoms with E-state index < -0.39 is 11.2 Å². The molecule has 1 aromatic rings. The quantitative estimate of drug-likeness (QED) is 0.827. The summed E-state index contributed by atoms with van der Waals surface area (Å²) in [6.07, 6.45) is 0. The first-order valence-electron chi connectivity index (χ1n) is 4.96. The maximum absolute atomic E-state index is 11.0. The fourth-order valence-corrected chi connectivity index (χ4v) is 2.81. The second-order valence-electron chi connectivity index (χ2n) is 3.64. The summed E-state index contributed by atoms with van der Waals surface area (Å²) in [5.41, 5.74) is 0.889. The Morgan fingerprint density at radius 3 is 2.94 bits per heavy atom. The highest BCUT2D eigenvalue weighted by Crippen LogP contribution is 2.42. The molecule has 86 valence electrons. The van der Waals surface area contributed by atoms with Crippen molar-refractivity contribution in [2.45, 2.75) is 23.1 Å². The number of fused-ring (bicyclic) bond motifs is 1. The molecule has 0 aliphatic carbocycles. The van der Waals surface area contributed by atoms with E-state index in [4.69, 9.17) is 9.84 Å². The Morgan fingerprint density at radius 2 is 2.31 bits per heavy atom. The number of ether oxygens (including phenoxy) is 1. The number of nitrogens with one attached hydrogen (secondary N) is 1. The van der Waals surface area contributed by atoms with Crippen molar-refractivity contribution >= 4 is 23.4 Å². The number of hydrogen-bond acceptors (Lipinski definition) is 4. The van der Waals surface area contributed by atoms with Gasteiger partial charge in [-0.2, -0.15) is 0 Å². The fourth-order valence-electron chi connectivity index (χ4n) is 1.73. The number of carboxylic acid groups (broad SMARTS) is 1. The molecule has 5 heteroatoms. The van der Waals surface area contributed by atoms with Gasteiger partial charge in [-0.25, -0.2) is 0 Å². The van der Waals surface area contributed by atoms with Crippen molar-refractivity contribution in [3.05, 3.63) is 18.2 Å². The van der Waals surface area contributed by atoms with Crippen LogP contribution in [0.3, 0.4) is 0 Å². The summed E-state index contributed by atoms with van der Waals surface area (Å²) in [6.45, 7) is 1.86. The SMILES string of the molecule is COc1cccc2c1NC(C)C(C(=O)O)S2. The highest BCUT2D eigenvalue weighted by Gasteiger charge is 2.32. The lowest BCUT2D eigenvalue weighted by Gasteiger charge is -2.30. The van der Waals surface area contributed by atoms with Crippen molar-refractivity contribution in [1.29, 1.82) is 0 Å². The number of anilines is 1. The van der Waals surface area contributed by atoms with Crippen molar-refractivity contribution in [1.82, 2.24) is 0 Å². The molecule has 2 N–H and O–H groups in total. The summed E-state index contributed by atoms with van der Waals surface area (Å²) in [7, 11) is 1.61. The van der Waals surface area contributed by atoms with Crippen LogP contribution in [0.5, 0.6) is 5.75 Å². The molecule has 4 nitrogen and oxygen atoms in total. The highest BCUT2D eigenvalue weighted by molar-refractivity contribution is 8.01. The van der Waals surface area contributed by atoms with Crippen LogP contribution in [0.1, 0.15) is 6.92 Å². The van der Waals surface area contributed by atoms with Gasteiger partial charge in [-0.05, 0) is 19.1 Å². The second kappa shape index (κ2) is 4.25. The Balaban J connectivity index is 2.38. The van der Waals surface area contributed by atoms with Crippen molar-refractivity contribution in [2.24, 2.45) is 0 Å². The molecular formula is C11H13NO3S. The molecule has 0 fully saturated rings. The number of para-hydroxylation sites is 1. The van der Waals surface area contributed by atoms with E-state index in [2.05, 4.69) is 5.32 Å². The molecular weight excluding hydrogens is 226 g/mol. The van der Waals surface area contributed by atoms with Crippen LogP contribution in [-0.4, -0.2) is 29.5 Å². The molecule has 0 aromatic heterocycles. The molecule has 1 aliphatic heterocycles. The molecule has 1 heterocycles. The topological polar surface area (TPSA) is 58.6 Å². The minimum Gasteiger partial charge on any atom is -0.495 e. The third-order valence-electron chi connectivity index (χ3n) is 2.53. The minimum absolute atomic E-state index is 0.119. The van der Waals surface area contributed by atoms with Gasteiger partial charge in [0, 0.05) is 10.9 Å². The maximum atomic E-state index is 11.0. The molecule has 2 rings (SSSR count). The van der Waals surface area contributed by atoms with E-state index in [-0.39, 0.29) is 6.04 Å². The molecule has 0 amide bonds. The van der Waals surface area contributed by atoms with E-state index in [1.807, 2.05) is 25.1 Å². The van der Waals surface area contributed by atoms with Gasteiger partial charge >= 0.3 is 5.97 Å². The summed E-state index contributed by atoms with van der Waals surface area (Å²) in [6, 6.07) is 5.50. The van der Waals surface area contributed by atoms with Crippen LogP contribution in [-0.2, 0) is 4.79 Å². The summed E-state index contributed by atoms with van der Waals surface area (Å²) in [4.78, 5) is 12.0. The standard InChI is InChI=1S/C11H13NO3S/c1-6-10(11(13)14)16-8-5-3-4-7(15-2)9(8)12-6/h3-6,10,12H,1-2H3,(H,13,14). The van der Waals surface area contributed by atoms with Gasteiger partial charge in [0.25, 0.3) is 0 Å². The van der Waals surface area contributed by atoms with E-state index in [1.165, 1.54) is 11.8 Å². The van der Waals surface area contributed by atoms with Crippen LogP contribution in [0.2, 0.25) is 0 Å². The number of methoxy groups -OCH3 is 1. The second-order valence-corrected chi connectivity index (χ2v) is 4.83. The van der Waals surface area contributed by atoms with Gasteiger partial charge in [0.05, 0.1) is 12.8 Å². The van der Waals surface area contributed by atoms with Crippen molar-refractivity contribution in [3.8, 4) is 5.75 Å². The van der Waals surface area contributed by atoms with Gasteiger partial charge in [-0.3, -0.25) is 4.79 Å². The molecule has 0 bridgehead atoms. The van der Waals surface area contributed by atoms with Gasteiger partial charge in [0.2, 0.25) is 0 Å². The Morgan fingerprint density at radius 1 is 1.56 bits per heavy atom. The van der Waals surface area contributed by atoms with Gasteiger partial charge in [0.1, 0.15) is 11.0 Å². The summed E-state index contributed by atoms with van der Waals surface area (Å²) < 4.78 is 5.23. The maximum Gasteiger partial charge on any atom is 0.319 e. The number of aliphatic carboxylic acids is 1. The van der Waals surface area contributed by atoms with Crippen LogP contribution in [0.15, 0.2) is 23.1 Å². The van der Waals surface area contributed by atoms with Crippen LogP contribution in [0.25, 0.3) is 0 Å². The number of rotatable bonds is 2. The molecule has 2 unspecified atom stereocenters. The van der Waals surface area contributed by atoms with Crippen molar-refractivity contribution < 1.29 is 14.6 Å². The number of thioether (sulfide) groups is 1. The smallest absolute Gasteiger partial charge is 0.319 e. The molecule has 0 saturated heterocycles. The van der Waals surface area contributed by atoms with Gasteiger partial charge in [-0.15, -0.1) is 11.8 Å². The van der Waals surface area contributed by atoms with Gasteiger partial charge in [0.15, 0.2) is 0 Å². The first-order chi connectivity index (χ1) is 7.63. The molecule has 0 spiro atoms. The lowest BCUT2D eigenvalue weighted by Crippen LogP contribution is -2.37. The largest absolute Gasteiger partial charge is 0.495 e. The van der Waals surface area contributed by atoms with E-state index in [0.29, 0.717) is 0 Å². The predicted octanol–water partition coefficient (Wildman–Crippen LogP) is 2.05. The van der Waals surface area contributed by atoms with E-state index in [0.717, 1.165) is 16.3 Å². The van der Waals surface area contributed by atoms with Crippen LogP contribution < -0.4 is 10.1 Å². The van der Waals surface area contributed by atoms with Gasteiger partial charge in [-0.1, -0.05) is 6.07 Å². The third kappa shape index (κ3) is 1.82. The first kappa shape index (κ1) is 11.1. The molecule has 0 radical (unpaired) electrons. The molecule has 1 aliphatic rings. The number of benzene rings is 1. The van der Waals surface area contributed by atoms with Crippen LogP contribution >= 0.6 is 11.8 Å². The third-order valence-corrected chi connectivity index (χ3v) is 3.99. The lowest BCUT2D eigenvalue weighted by molar-refractivity contribution is -0.136. The van der Waals surface area contributed by atoms with Crippen molar-refractivity contribution in [2.75, 3.05) is 12.4 Å². The van der Waals surface area contributed by atoms with Crippen molar-refractivity contribution in [3.63, 3.8) is 0 Å². The average Bonchev–Trinajstić information content (AvgIpc) is 2.27. The first-order valence-corrected chi connectivity index (χ1v) is 5.84. The Bertz CT molecular complexity index is 422. The van der Waals surface area contributed by atoms with Crippen LogP contribution in [0.4, 0.5) is 5.69 Å². The Hall–Kier alpha value is -1.36. The monoisotopic (exact) mass is 239 g/mol. The number of hydrogen-bond donors (Lipinski definition) is 2. The summed E-state index contributed by atoms with van der Waals surface area (Å²) in [5.74, 6) is -0.0424. The predicted molar refractivity (Wildman–Crippen MR) is 63.4 cm³/mol. The molecule has 2 atom stereocenters. The minimum atomic E-state index is -0.793. The molecule has 0 saturated carbocycles. The Labute approximate surface area is 98.0 Å². The number of carbonyl (C=O) groups is 1. The fraction of sp³-hybridized carbons (Fsp3) is 0.364. The zero-order valence-electron chi connectivity index (χ0n) is 9.06. The van der Waals surface area contributed by atoms with Crippen LogP contribution in [0, 0.1) is 0 Å². The number of carboxylic acids is 1. The average molecular weight is 239 g/mol. The zero-order chi connectivity index (χ0) is 11.7. The van der Waals surface area contributed by atoms with E-state index in [1.54, 1.807) is 7.11 Å². The lowest BCUT2D eigenvalue weighted by atomic mass is 10.2. The van der Waals surface area contributed by atoms with E-state index in [9.17, 15) is 4.79 Å². The summed E-state index contributed by atoms with van der Waals surface area (Å²) in [5, 5.41) is 11.8. The molecule has 16 heavy (non-hydrogen) atoms. The van der Waals surface area contributed by atoms with Gasteiger partial charge < -0.3 is 15.2 Å². The normalized spacial score (nSPS) is 23.1. The van der Waals surface area contributed by atoms with E-state index >= 15 is 0 Å². The zero-order valence-corrected chi connectivity index (χ0v) is 9.88. The Kier molecular flexibility index (Phi) is 2.96.